The maximum atomic E-state index is 11.3. The highest BCUT2D eigenvalue weighted by Crippen LogP contribution is 2.23. The fourth-order valence-electron chi connectivity index (χ4n) is 3.09. The van der Waals surface area contributed by atoms with Gasteiger partial charge in [0.15, 0.2) is 0 Å². The molecule has 154 valence electrons. The summed E-state index contributed by atoms with van der Waals surface area (Å²) in [6.45, 7) is 0.0853. The van der Waals surface area contributed by atoms with E-state index in [-0.39, 0.29) is 12.6 Å². The van der Waals surface area contributed by atoms with E-state index in [1.54, 1.807) is 26.4 Å². The van der Waals surface area contributed by atoms with Crippen LogP contribution >= 0.6 is 0 Å². The van der Waals surface area contributed by atoms with Crippen LogP contribution in [0.2, 0.25) is 0 Å². The highest BCUT2D eigenvalue weighted by atomic mass is 16.5. The lowest BCUT2D eigenvalue weighted by Gasteiger charge is -2.04. The van der Waals surface area contributed by atoms with Crippen molar-refractivity contribution in [2.24, 2.45) is 0 Å². The van der Waals surface area contributed by atoms with Crippen molar-refractivity contribution in [2.75, 3.05) is 21.3 Å². The summed E-state index contributed by atoms with van der Waals surface area (Å²) in [6.07, 6.45) is 0. The lowest BCUT2D eigenvalue weighted by atomic mass is 10.1. The summed E-state index contributed by atoms with van der Waals surface area (Å²) in [7, 11) is 4.66. The van der Waals surface area contributed by atoms with Crippen molar-refractivity contribution in [3.63, 3.8) is 0 Å². The zero-order valence-electron chi connectivity index (χ0n) is 17.2. The smallest absolute Gasteiger partial charge is 0.337 e. The number of aliphatic hydroxyl groups is 1. The van der Waals surface area contributed by atoms with E-state index in [4.69, 9.17) is 14.6 Å². The number of benzene rings is 4. The molecule has 0 amide bonds. The average molecular weight is 404 g/mol. The van der Waals surface area contributed by atoms with E-state index in [0.29, 0.717) is 5.56 Å². The van der Waals surface area contributed by atoms with Crippen molar-refractivity contribution < 1.29 is 24.1 Å². The van der Waals surface area contributed by atoms with Crippen LogP contribution in [-0.2, 0) is 11.3 Å². The molecule has 0 heterocycles. The molecule has 4 rings (SSSR count). The van der Waals surface area contributed by atoms with Crippen molar-refractivity contribution in [3.05, 3.63) is 83.9 Å². The number of aliphatic hydroxyl groups excluding tert-OH is 1. The molecule has 0 aliphatic heterocycles. The molecule has 1 N–H and O–H groups in total. The molecule has 0 saturated carbocycles. The molecule has 0 aliphatic carbocycles. The van der Waals surface area contributed by atoms with Gasteiger partial charge in [0.2, 0.25) is 0 Å². The van der Waals surface area contributed by atoms with Gasteiger partial charge in [-0.25, -0.2) is 4.79 Å². The summed E-state index contributed by atoms with van der Waals surface area (Å²) in [5.41, 5.74) is 1.49. The molecule has 0 spiro atoms. The summed E-state index contributed by atoms with van der Waals surface area (Å²) in [4.78, 5) is 11.3. The van der Waals surface area contributed by atoms with E-state index in [2.05, 4.69) is 4.74 Å². The van der Waals surface area contributed by atoms with Crippen LogP contribution in [0.4, 0.5) is 0 Å². The van der Waals surface area contributed by atoms with Gasteiger partial charge in [0.1, 0.15) is 11.5 Å². The van der Waals surface area contributed by atoms with Gasteiger partial charge in [-0.2, -0.15) is 0 Å². The first-order valence-corrected chi connectivity index (χ1v) is 9.41. The van der Waals surface area contributed by atoms with Gasteiger partial charge in [0.25, 0.3) is 0 Å². The van der Waals surface area contributed by atoms with Crippen molar-refractivity contribution in [3.8, 4) is 11.5 Å². The second-order valence-corrected chi connectivity index (χ2v) is 6.62. The molecule has 5 nitrogen and oxygen atoms in total. The van der Waals surface area contributed by atoms with E-state index in [0.717, 1.165) is 38.6 Å². The number of hydrogen-bond acceptors (Lipinski definition) is 5. The second-order valence-electron chi connectivity index (χ2n) is 6.62. The Morgan fingerprint density at radius 3 is 1.73 bits per heavy atom. The number of methoxy groups -OCH3 is 3. The van der Waals surface area contributed by atoms with Crippen LogP contribution in [0.3, 0.4) is 0 Å². The van der Waals surface area contributed by atoms with Crippen LogP contribution in [-0.4, -0.2) is 32.4 Å². The second kappa shape index (κ2) is 9.76. The molecular formula is C25H24O5. The van der Waals surface area contributed by atoms with Crippen LogP contribution in [0.25, 0.3) is 21.5 Å². The third kappa shape index (κ3) is 4.88. The van der Waals surface area contributed by atoms with Crippen LogP contribution < -0.4 is 9.47 Å². The number of rotatable bonds is 4. The highest BCUT2D eigenvalue weighted by Gasteiger charge is 2.06. The normalized spacial score (nSPS) is 10.3. The molecule has 4 aromatic carbocycles. The Morgan fingerprint density at radius 1 is 0.700 bits per heavy atom. The van der Waals surface area contributed by atoms with E-state index < -0.39 is 0 Å². The predicted octanol–water partition coefficient (Wildman–Crippen LogP) is 4.98. The summed E-state index contributed by atoms with van der Waals surface area (Å²) in [6, 6.07) is 22.9. The number of esters is 1. The molecule has 0 aliphatic rings. The van der Waals surface area contributed by atoms with Crippen molar-refractivity contribution >= 4 is 27.5 Å². The van der Waals surface area contributed by atoms with Crippen molar-refractivity contribution in [2.45, 2.75) is 6.61 Å². The number of carbonyl (C=O) groups excluding carboxylic acids is 1. The summed E-state index contributed by atoms with van der Waals surface area (Å²) < 4.78 is 14.9. The minimum Gasteiger partial charge on any atom is -0.497 e. The van der Waals surface area contributed by atoms with E-state index >= 15 is 0 Å². The van der Waals surface area contributed by atoms with Gasteiger partial charge in [-0.3, -0.25) is 0 Å². The first-order chi connectivity index (χ1) is 14.6. The van der Waals surface area contributed by atoms with Crippen LogP contribution in [0.5, 0.6) is 11.5 Å². The fourth-order valence-corrected chi connectivity index (χ4v) is 3.09. The Labute approximate surface area is 175 Å². The quantitative estimate of drug-likeness (QED) is 0.486. The predicted molar refractivity (Wildman–Crippen MR) is 118 cm³/mol. The molecule has 0 saturated heterocycles. The SMILES string of the molecule is COC(=O)c1ccc2cc(OC)ccc2c1.COc1ccc2cc(CO)ccc2c1. The van der Waals surface area contributed by atoms with Gasteiger partial charge >= 0.3 is 5.97 Å². The van der Waals surface area contributed by atoms with Crippen LogP contribution in [0.15, 0.2) is 72.8 Å². The topological polar surface area (TPSA) is 65.0 Å². The summed E-state index contributed by atoms with van der Waals surface area (Å²) in [5, 5.41) is 13.2. The van der Waals surface area contributed by atoms with Crippen LogP contribution in [0, 0.1) is 0 Å². The van der Waals surface area contributed by atoms with Gasteiger partial charge in [0.05, 0.1) is 33.5 Å². The fraction of sp³-hybridized carbons (Fsp3) is 0.160. The molecule has 0 unspecified atom stereocenters. The minimum atomic E-state index is -0.322. The third-order valence-electron chi connectivity index (χ3n) is 4.76. The first-order valence-electron chi connectivity index (χ1n) is 9.41. The Morgan fingerprint density at radius 2 is 1.20 bits per heavy atom. The Bertz CT molecular complexity index is 1120. The molecule has 4 aromatic rings. The minimum absolute atomic E-state index is 0.0853. The lowest BCUT2D eigenvalue weighted by Crippen LogP contribution is -2.00. The summed E-state index contributed by atoms with van der Waals surface area (Å²) >= 11 is 0. The third-order valence-corrected chi connectivity index (χ3v) is 4.76. The van der Waals surface area contributed by atoms with E-state index in [1.807, 2.05) is 60.7 Å². The van der Waals surface area contributed by atoms with Crippen molar-refractivity contribution in [1.82, 2.24) is 0 Å². The molecule has 5 heteroatoms. The standard InChI is InChI=1S/C13H12O3.C12H12O2/c1-15-12-6-5-9-7-11(13(14)16-2)4-3-10(9)8-12;1-14-12-5-4-10-6-9(8-13)2-3-11(10)7-12/h3-8H,1-2H3;2-7,13H,8H2,1H3. The largest absolute Gasteiger partial charge is 0.497 e. The Kier molecular flexibility index (Phi) is 6.88. The molecule has 0 bridgehead atoms. The summed E-state index contributed by atoms with van der Waals surface area (Å²) in [5.74, 6) is 1.34. The average Bonchev–Trinajstić information content (AvgIpc) is 2.82. The first kappa shape index (κ1) is 21.1. The van der Waals surface area contributed by atoms with E-state index in [9.17, 15) is 4.79 Å². The zero-order valence-corrected chi connectivity index (χ0v) is 17.2. The van der Waals surface area contributed by atoms with Crippen LogP contribution in [0.1, 0.15) is 15.9 Å². The van der Waals surface area contributed by atoms with Gasteiger partial charge in [-0.05, 0) is 69.6 Å². The Hall–Kier alpha value is -3.57. The molecule has 0 atom stereocenters. The number of hydrogen-bond donors (Lipinski definition) is 1. The van der Waals surface area contributed by atoms with E-state index in [1.165, 1.54) is 7.11 Å². The van der Waals surface area contributed by atoms with Crippen molar-refractivity contribution in [1.29, 1.82) is 0 Å². The molecule has 0 fully saturated rings. The molecule has 30 heavy (non-hydrogen) atoms. The Balaban J connectivity index is 0.000000172. The number of carbonyl (C=O) groups is 1. The molecule has 0 aromatic heterocycles. The maximum absolute atomic E-state index is 11.3. The van der Waals surface area contributed by atoms with Gasteiger partial charge < -0.3 is 19.3 Å². The number of ether oxygens (including phenoxy) is 3. The molecule has 0 radical (unpaired) electrons. The highest BCUT2D eigenvalue weighted by molar-refractivity contribution is 5.95. The van der Waals surface area contributed by atoms with Gasteiger partial charge in [-0.1, -0.05) is 30.3 Å². The lowest BCUT2D eigenvalue weighted by molar-refractivity contribution is 0.0601. The zero-order chi connectivity index (χ0) is 21.5. The monoisotopic (exact) mass is 404 g/mol. The maximum Gasteiger partial charge on any atom is 0.337 e. The van der Waals surface area contributed by atoms with Gasteiger partial charge in [0, 0.05) is 0 Å². The van der Waals surface area contributed by atoms with Gasteiger partial charge in [-0.15, -0.1) is 0 Å². The number of fused-ring (bicyclic) bond motifs is 2. The molecular weight excluding hydrogens is 380 g/mol.